The van der Waals surface area contributed by atoms with Crippen LogP contribution in [0.25, 0.3) is 0 Å². The Morgan fingerprint density at radius 3 is 3.00 bits per heavy atom. The van der Waals surface area contributed by atoms with Crippen molar-refractivity contribution in [2.24, 2.45) is 10.9 Å². The summed E-state index contributed by atoms with van der Waals surface area (Å²) in [7, 11) is 0. The van der Waals surface area contributed by atoms with Gasteiger partial charge in [-0.05, 0) is 31.6 Å². The lowest BCUT2D eigenvalue weighted by atomic mass is 9.93. The predicted octanol–water partition coefficient (Wildman–Crippen LogP) is 2.46. The molecule has 0 aromatic heterocycles. The molecule has 3 unspecified atom stereocenters. The molecule has 2 nitrogen and oxygen atoms in total. The van der Waals surface area contributed by atoms with E-state index < -0.39 is 0 Å². The topological polar surface area (TPSA) is 32.6 Å². The van der Waals surface area contributed by atoms with Gasteiger partial charge in [0.25, 0.3) is 0 Å². The summed E-state index contributed by atoms with van der Waals surface area (Å²) in [6, 6.07) is 0.511. The van der Waals surface area contributed by atoms with Crippen LogP contribution in [0.1, 0.15) is 39.5 Å². The van der Waals surface area contributed by atoms with E-state index in [0.717, 1.165) is 25.7 Å². The summed E-state index contributed by atoms with van der Waals surface area (Å²) in [5, 5.41) is 11.5. The summed E-state index contributed by atoms with van der Waals surface area (Å²) in [5.74, 6) is 0.700. The minimum Gasteiger partial charge on any atom is -0.393 e. The average molecular weight is 213 g/mol. The highest BCUT2D eigenvalue weighted by molar-refractivity contribution is 8.14. The molecule has 0 amide bonds. The Kier molecular flexibility index (Phi) is 3.17. The van der Waals surface area contributed by atoms with E-state index in [0.29, 0.717) is 17.2 Å². The van der Waals surface area contributed by atoms with Crippen molar-refractivity contribution in [3.63, 3.8) is 0 Å². The summed E-state index contributed by atoms with van der Waals surface area (Å²) >= 11 is 1.92. The van der Waals surface area contributed by atoms with Crippen molar-refractivity contribution in [2.45, 2.75) is 56.9 Å². The van der Waals surface area contributed by atoms with Gasteiger partial charge in [0.15, 0.2) is 0 Å². The first-order valence-corrected chi connectivity index (χ1v) is 6.44. The first-order chi connectivity index (χ1) is 6.65. The molecule has 1 fully saturated rings. The van der Waals surface area contributed by atoms with Crippen molar-refractivity contribution in [1.29, 1.82) is 0 Å². The molecule has 0 radical (unpaired) electrons. The molecule has 2 rings (SSSR count). The minimum absolute atomic E-state index is 0.0719. The molecular formula is C11H19NOS. The van der Waals surface area contributed by atoms with Crippen molar-refractivity contribution < 1.29 is 5.11 Å². The molecule has 3 heteroatoms. The lowest BCUT2D eigenvalue weighted by Gasteiger charge is -2.26. The highest BCUT2D eigenvalue weighted by Gasteiger charge is 2.35. The van der Waals surface area contributed by atoms with E-state index in [1.165, 1.54) is 5.04 Å². The van der Waals surface area contributed by atoms with Gasteiger partial charge in [-0.2, -0.15) is 0 Å². The van der Waals surface area contributed by atoms with E-state index in [4.69, 9.17) is 4.99 Å². The van der Waals surface area contributed by atoms with Gasteiger partial charge >= 0.3 is 0 Å². The van der Waals surface area contributed by atoms with Crippen LogP contribution < -0.4 is 0 Å². The van der Waals surface area contributed by atoms with Crippen molar-refractivity contribution in [3.8, 4) is 0 Å². The second-order valence-corrected chi connectivity index (χ2v) is 6.12. The summed E-state index contributed by atoms with van der Waals surface area (Å²) in [6.45, 7) is 4.47. The number of aliphatic imine (C=N–C) groups is 1. The van der Waals surface area contributed by atoms with Crippen LogP contribution in [0.2, 0.25) is 0 Å². The zero-order chi connectivity index (χ0) is 10.1. The number of fused-ring (bicyclic) bond motifs is 1. The second kappa shape index (κ2) is 4.23. The first kappa shape index (κ1) is 10.5. The van der Waals surface area contributed by atoms with Crippen molar-refractivity contribution in [3.05, 3.63) is 0 Å². The predicted molar refractivity (Wildman–Crippen MR) is 61.9 cm³/mol. The quantitative estimate of drug-likeness (QED) is 0.764. The zero-order valence-corrected chi connectivity index (χ0v) is 9.76. The number of nitrogens with zero attached hydrogens (tertiary/aromatic N) is 1. The Hall–Kier alpha value is -0.0200. The molecule has 1 aliphatic carbocycles. The Morgan fingerprint density at radius 2 is 2.29 bits per heavy atom. The van der Waals surface area contributed by atoms with Crippen molar-refractivity contribution in [2.75, 3.05) is 0 Å². The molecule has 0 saturated heterocycles. The fourth-order valence-corrected chi connectivity index (χ4v) is 3.85. The van der Waals surface area contributed by atoms with Crippen LogP contribution in [0.3, 0.4) is 0 Å². The Labute approximate surface area is 90.2 Å². The van der Waals surface area contributed by atoms with Crippen molar-refractivity contribution >= 4 is 16.8 Å². The number of aliphatic hydroxyl groups excluding tert-OH is 1. The fourth-order valence-electron chi connectivity index (χ4n) is 2.21. The fraction of sp³-hybridized carbons (Fsp3) is 0.909. The summed E-state index contributed by atoms with van der Waals surface area (Å²) in [4.78, 5) is 4.75. The first-order valence-electron chi connectivity index (χ1n) is 5.56. The van der Waals surface area contributed by atoms with Gasteiger partial charge in [0.05, 0.1) is 17.2 Å². The average Bonchev–Trinajstić information content (AvgIpc) is 2.44. The van der Waals surface area contributed by atoms with Gasteiger partial charge in [-0.3, -0.25) is 4.99 Å². The number of thioether (sulfide) groups is 1. The molecule has 14 heavy (non-hydrogen) atoms. The van der Waals surface area contributed by atoms with Gasteiger partial charge in [-0.15, -0.1) is 11.8 Å². The van der Waals surface area contributed by atoms with E-state index in [9.17, 15) is 5.11 Å². The number of hydrogen-bond acceptors (Lipinski definition) is 3. The molecule has 0 aromatic carbocycles. The Bertz CT molecular complexity index is 239. The third-order valence-corrected chi connectivity index (χ3v) is 4.26. The van der Waals surface area contributed by atoms with Crippen LogP contribution >= 0.6 is 11.8 Å². The summed E-state index contributed by atoms with van der Waals surface area (Å²) in [5.41, 5.74) is 0. The minimum atomic E-state index is -0.0719. The summed E-state index contributed by atoms with van der Waals surface area (Å²) < 4.78 is 0. The largest absolute Gasteiger partial charge is 0.393 e. The maximum Gasteiger partial charge on any atom is 0.0685 e. The zero-order valence-electron chi connectivity index (χ0n) is 8.94. The lowest BCUT2D eigenvalue weighted by Crippen LogP contribution is -2.30. The SMILES string of the molecule is CC(C)CC1=NC2CCC(O)CC2S1. The van der Waals surface area contributed by atoms with Crippen LogP contribution in [0.4, 0.5) is 0 Å². The van der Waals surface area contributed by atoms with E-state index in [-0.39, 0.29) is 6.10 Å². The molecule has 0 aromatic rings. The van der Waals surface area contributed by atoms with Gasteiger partial charge in [0.2, 0.25) is 0 Å². The summed E-state index contributed by atoms with van der Waals surface area (Å²) in [6.07, 6.45) is 4.02. The van der Waals surface area contributed by atoms with Gasteiger partial charge in [0, 0.05) is 5.25 Å². The van der Waals surface area contributed by atoms with Gasteiger partial charge in [-0.1, -0.05) is 13.8 Å². The van der Waals surface area contributed by atoms with E-state index >= 15 is 0 Å². The molecule has 2 aliphatic rings. The molecule has 1 saturated carbocycles. The molecule has 0 spiro atoms. The van der Waals surface area contributed by atoms with E-state index in [1.807, 2.05) is 11.8 Å². The lowest BCUT2D eigenvalue weighted by molar-refractivity contribution is 0.127. The maximum atomic E-state index is 9.56. The molecule has 1 N–H and O–H groups in total. The monoisotopic (exact) mass is 213 g/mol. The third kappa shape index (κ3) is 2.31. The number of rotatable bonds is 2. The van der Waals surface area contributed by atoms with Crippen molar-refractivity contribution in [1.82, 2.24) is 0 Å². The molecule has 3 atom stereocenters. The molecule has 80 valence electrons. The smallest absolute Gasteiger partial charge is 0.0685 e. The highest BCUT2D eigenvalue weighted by Crippen LogP contribution is 2.38. The highest BCUT2D eigenvalue weighted by atomic mass is 32.2. The van der Waals surface area contributed by atoms with Crippen LogP contribution in [0.15, 0.2) is 4.99 Å². The van der Waals surface area contributed by atoms with Crippen LogP contribution in [-0.2, 0) is 0 Å². The number of aliphatic hydroxyl groups is 1. The van der Waals surface area contributed by atoms with E-state index in [1.54, 1.807) is 0 Å². The number of hydrogen-bond donors (Lipinski definition) is 1. The Morgan fingerprint density at radius 1 is 1.50 bits per heavy atom. The normalized spacial score (nSPS) is 37.1. The molecular weight excluding hydrogens is 194 g/mol. The third-order valence-electron chi connectivity index (χ3n) is 2.91. The van der Waals surface area contributed by atoms with Crippen LogP contribution in [0.5, 0.6) is 0 Å². The maximum absolute atomic E-state index is 9.56. The van der Waals surface area contributed by atoms with Crippen LogP contribution in [-0.4, -0.2) is 27.5 Å². The molecule has 1 heterocycles. The molecule has 1 aliphatic heterocycles. The standard InChI is InChI=1S/C11H19NOS/c1-7(2)5-11-12-9-4-3-8(13)6-10(9)14-11/h7-10,13H,3-6H2,1-2H3. The van der Waals surface area contributed by atoms with Gasteiger partial charge in [0.1, 0.15) is 0 Å². The van der Waals surface area contributed by atoms with E-state index in [2.05, 4.69) is 13.8 Å². The molecule has 0 bridgehead atoms. The van der Waals surface area contributed by atoms with Gasteiger partial charge in [-0.25, -0.2) is 0 Å². The van der Waals surface area contributed by atoms with Crippen LogP contribution in [0, 0.1) is 5.92 Å². The Balaban J connectivity index is 1.93. The van der Waals surface area contributed by atoms with Gasteiger partial charge < -0.3 is 5.11 Å². The second-order valence-electron chi connectivity index (χ2n) is 4.81.